The molecule has 1 aromatic rings. The molecular formula is C14H19N3O2. The van der Waals surface area contributed by atoms with Crippen molar-refractivity contribution in [3.63, 3.8) is 0 Å². The van der Waals surface area contributed by atoms with E-state index in [9.17, 15) is 9.59 Å². The van der Waals surface area contributed by atoms with Crippen LogP contribution in [0.3, 0.4) is 0 Å². The number of aromatic nitrogens is 1. The average molecular weight is 261 g/mol. The number of hydrogen-bond donors (Lipinski definition) is 1. The van der Waals surface area contributed by atoms with E-state index in [4.69, 9.17) is 0 Å². The molecule has 1 aromatic heterocycles. The average Bonchev–Trinajstić information content (AvgIpc) is 2.34. The standard InChI is InChI=1S/C14H19N3O2/c1-9-12(18)16-11(14(2,3)4)13(19)17(9)10-6-5-7-15-8-10/h5-9,11H,1-4H3,(H,16,18). The molecule has 0 spiro atoms. The molecule has 19 heavy (non-hydrogen) atoms. The number of anilines is 1. The maximum Gasteiger partial charge on any atom is 0.250 e. The quantitative estimate of drug-likeness (QED) is 0.830. The van der Waals surface area contributed by atoms with Gasteiger partial charge in [0.05, 0.1) is 11.9 Å². The fourth-order valence-corrected chi connectivity index (χ4v) is 2.21. The van der Waals surface area contributed by atoms with Crippen LogP contribution in [0.15, 0.2) is 24.5 Å². The lowest BCUT2D eigenvalue weighted by Gasteiger charge is -2.42. The van der Waals surface area contributed by atoms with E-state index >= 15 is 0 Å². The van der Waals surface area contributed by atoms with Gasteiger partial charge in [0.15, 0.2) is 0 Å². The summed E-state index contributed by atoms with van der Waals surface area (Å²) in [5, 5.41) is 2.81. The monoisotopic (exact) mass is 261 g/mol. The van der Waals surface area contributed by atoms with Gasteiger partial charge >= 0.3 is 0 Å². The number of pyridine rings is 1. The summed E-state index contributed by atoms with van der Waals surface area (Å²) in [6.07, 6.45) is 3.25. The Balaban J connectivity index is 2.41. The van der Waals surface area contributed by atoms with Crippen molar-refractivity contribution in [1.29, 1.82) is 0 Å². The second-order valence-corrected chi connectivity index (χ2v) is 5.90. The maximum absolute atomic E-state index is 12.6. The Labute approximate surface area is 113 Å². The van der Waals surface area contributed by atoms with Crippen LogP contribution in [-0.2, 0) is 9.59 Å². The molecule has 2 amide bonds. The maximum atomic E-state index is 12.6. The number of nitrogens with zero attached hydrogens (tertiary/aromatic N) is 2. The molecule has 0 aliphatic carbocycles. The Bertz CT molecular complexity index is 493. The first-order chi connectivity index (χ1) is 8.82. The van der Waals surface area contributed by atoms with Gasteiger partial charge in [0.25, 0.3) is 5.91 Å². The number of carbonyl (C=O) groups excluding carboxylic acids is 2. The molecule has 5 heteroatoms. The highest BCUT2D eigenvalue weighted by atomic mass is 16.2. The van der Waals surface area contributed by atoms with Crippen LogP contribution in [-0.4, -0.2) is 28.9 Å². The first-order valence-electron chi connectivity index (χ1n) is 6.36. The molecule has 2 atom stereocenters. The van der Waals surface area contributed by atoms with Gasteiger partial charge in [0, 0.05) is 6.20 Å². The molecule has 0 radical (unpaired) electrons. The number of piperazine rings is 1. The summed E-state index contributed by atoms with van der Waals surface area (Å²) in [6.45, 7) is 7.53. The molecule has 5 nitrogen and oxygen atoms in total. The van der Waals surface area contributed by atoms with Crippen LogP contribution in [0.25, 0.3) is 0 Å². The summed E-state index contributed by atoms with van der Waals surface area (Å²) in [5.74, 6) is -0.226. The summed E-state index contributed by atoms with van der Waals surface area (Å²) in [5.41, 5.74) is 0.331. The minimum absolute atomic E-state index is 0.0902. The highest BCUT2D eigenvalue weighted by Gasteiger charge is 2.44. The smallest absolute Gasteiger partial charge is 0.250 e. The summed E-state index contributed by atoms with van der Waals surface area (Å²) in [4.78, 5) is 30.2. The van der Waals surface area contributed by atoms with Gasteiger partial charge < -0.3 is 5.32 Å². The fraction of sp³-hybridized carbons (Fsp3) is 0.500. The highest BCUT2D eigenvalue weighted by Crippen LogP contribution is 2.28. The molecule has 2 rings (SSSR count). The molecule has 1 fully saturated rings. The van der Waals surface area contributed by atoms with Gasteiger partial charge in [-0.3, -0.25) is 19.5 Å². The fourth-order valence-electron chi connectivity index (χ4n) is 2.21. The third-order valence-corrected chi connectivity index (χ3v) is 3.33. The van der Waals surface area contributed by atoms with E-state index in [1.54, 1.807) is 31.5 Å². The molecule has 1 N–H and O–H groups in total. The number of nitrogens with one attached hydrogen (secondary N) is 1. The summed E-state index contributed by atoms with van der Waals surface area (Å²) >= 11 is 0. The molecule has 1 saturated heterocycles. The highest BCUT2D eigenvalue weighted by molar-refractivity contribution is 6.08. The molecule has 102 valence electrons. The molecule has 1 aliphatic rings. The van der Waals surface area contributed by atoms with Crippen LogP contribution in [0, 0.1) is 5.41 Å². The van der Waals surface area contributed by atoms with Crippen molar-refractivity contribution >= 4 is 17.5 Å². The van der Waals surface area contributed by atoms with E-state index in [0.29, 0.717) is 5.69 Å². The van der Waals surface area contributed by atoms with Crippen LogP contribution in [0.2, 0.25) is 0 Å². The number of hydrogen-bond acceptors (Lipinski definition) is 3. The molecular weight excluding hydrogens is 242 g/mol. The largest absolute Gasteiger partial charge is 0.342 e. The summed E-state index contributed by atoms with van der Waals surface area (Å²) < 4.78 is 0. The normalized spacial score (nSPS) is 24.3. The third-order valence-electron chi connectivity index (χ3n) is 3.33. The predicted molar refractivity (Wildman–Crippen MR) is 72.6 cm³/mol. The number of amides is 2. The molecule has 2 unspecified atom stereocenters. The van der Waals surface area contributed by atoms with Gasteiger partial charge in [-0.25, -0.2) is 0 Å². The summed E-state index contributed by atoms with van der Waals surface area (Å²) in [7, 11) is 0. The lowest BCUT2D eigenvalue weighted by molar-refractivity contribution is -0.136. The van der Waals surface area contributed by atoms with Gasteiger partial charge in [-0.1, -0.05) is 20.8 Å². The molecule has 1 aliphatic heterocycles. The first-order valence-corrected chi connectivity index (χ1v) is 6.36. The lowest BCUT2D eigenvalue weighted by atomic mass is 9.84. The van der Waals surface area contributed by atoms with Gasteiger partial charge in [0.1, 0.15) is 12.1 Å². The van der Waals surface area contributed by atoms with Crippen LogP contribution in [0.4, 0.5) is 5.69 Å². The topological polar surface area (TPSA) is 62.3 Å². The molecule has 0 saturated carbocycles. The van der Waals surface area contributed by atoms with Crippen LogP contribution in [0.1, 0.15) is 27.7 Å². The number of carbonyl (C=O) groups is 2. The van der Waals surface area contributed by atoms with Crippen molar-refractivity contribution in [2.75, 3.05) is 4.90 Å². The van der Waals surface area contributed by atoms with E-state index in [-0.39, 0.29) is 17.2 Å². The van der Waals surface area contributed by atoms with Gasteiger partial charge in [-0.05, 0) is 24.5 Å². The Hall–Kier alpha value is -1.91. The minimum atomic E-state index is -0.518. The second-order valence-electron chi connectivity index (χ2n) is 5.90. The molecule has 0 bridgehead atoms. The zero-order valence-corrected chi connectivity index (χ0v) is 11.7. The van der Waals surface area contributed by atoms with E-state index in [0.717, 1.165) is 0 Å². The van der Waals surface area contributed by atoms with Crippen LogP contribution >= 0.6 is 0 Å². The SMILES string of the molecule is CC1C(=O)NC(C(C)(C)C)C(=O)N1c1cccnc1. The Morgan fingerprint density at radius 1 is 1.32 bits per heavy atom. The van der Waals surface area contributed by atoms with Crippen LogP contribution in [0.5, 0.6) is 0 Å². The van der Waals surface area contributed by atoms with Crippen molar-refractivity contribution in [2.24, 2.45) is 5.41 Å². The lowest BCUT2D eigenvalue weighted by Crippen LogP contribution is -2.66. The Kier molecular flexibility index (Phi) is 3.30. The number of rotatable bonds is 1. The predicted octanol–water partition coefficient (Wildman–Crippen LogP) is 1.35. The second kappa shape index (κ2) is 4.64. The molecule has 0 aromatic carbocycles. The minimum Gasteiger partial charge on any atom is -0.342 e. The van der Waals surface area contributed by atoms with E-state index in [1.807, 2.05) is 20.8 Å². The van der Waals surface area contributed by atoms with Crippen LogP contribution < -0.4 is 10.2 Å². The van der Waals surface area contributed by atoms with Gasteiger partial charge in [0.2, 0.25) is 5.91 Å². The third kappa shape index (κ3) is 2.45. The summed E-state index contributed by atoms with van der Waals surface area (Å²) in [6, 6.07) is 2.51. The van der Waals surface area contributed by atoms with Crippen molar-refractivity contribution in [3.8, 4) is 0 Å². The van der Waals surface area contributed by atoms with Crippen molar-refractivity contribution < 1.29 is 9.59 Å². The van der Waals surface area contributed by atoms with Crippen molar-refractivity contribution in [3.05, 3.63) is 24.5 Å². The van der Waals surface area contributed by atoms with Crippen molar-refractivity contribution in [2.45, 2.75) is 39.8 Å². The van der Waals surface area contributed by atoms with Crippen molar-refractivity contribution in [1.82, 2.24) is 10.3 Å². The van der Waals surface area contributed by atoms with Gasteiger partial charge in [-0.2, -0.15) is 0 Å². The zero-order chi connectivity index (χ0) is 14.2. The first kappa shape index (κ1) is 13.5. The zero-order valence-electron chi connectivity index (χ0n) is 11.7. The van der Waals surface area contributed by atoms with E-state index in [2.05, 4.69) is 10.3 Å². The Morgan fingerprint density at radius 2 is 2.00 bits per heavy atom. The van der Waals surface area contributed by atoms with Gasteiger partial charge in [-0.15, -0.1) is 0 Å². The van der Waals surface area contributed by atoms with E-state index < -0.39 is 12.1 Å². The Morgan fingerprint density at radius 3 is 2.53 bits per heavy atom. The molecule has 2 heterocycles. The van der Waals surface area contributed by atoms with E-state index in [1.165, 1.54) is 4.90 Å².